The van der Waals surface area contributed by atoms with Crippen molar-refractivity contribution in [2.24, 2.45) is 13.0 Å². The van der Waals surface area contributed by atoms with Crippen LogP contribution in [-0.2, 0) is 20.0 Å². The van der Waals surface area contributed by atoms with Crippen molar-refractivity contribution < 1.29 is 9.21 Å². The molecule has 3 rings (SSSR count). The lowest BCUT2D eigenvalue weighted by Gasteiger charge is -2.29. The van der Waals surface area contributed by atoms with Gasteiger partial charge in [-0.1, -0.05) is 6.92 Å². The summed E-state index contributed by atoms with van der Waals surface area (Å²) in [6, 6.07) is 3.70. The fourth-order valence-electron chi connectivity index (χ4n) is 3.21. The number of furan rings is 1. The number of nitrogens with one attached hydrogen (secondary N) is 1. The third-order valence-corrected chi connectivity index (χ3v) is 4.83. The Hall–Kier alpha value is -2.08. The van der Waals surface area contributed by atoms with Gasteiger partial charge in [-0.05, 0) is 62.4 Å². The molecule has 0 atom stereocenters. The van der Waals surface area contributed by atoms with Crippen molar-refractivity contribution in [2.75, 3.05) is 19.6 Å². The molecule has 2 aromatic heterocycles. The van der Waals surface area contributed by atoms with Gasteiger partial charge in [0, 0.05) is 19.8 Å². The van der Waals surface area contributed by atoms with E-state index in [1.807, 2.05) is 25.5 Å². The maximum Gasteiger partial charge on any atom is 0.286 e. The fourth-order valence-corrected chi connectivity index (χ4v) is 3.21. The largest absolute Gasteiger partial charge is 0.455 e. The molecule has 3 heterocycles. The van der Waals surface area contributed by atoms with E-state index in [4.69, 9.17) is 4.42 Å². The van der Waals surface area contributed by atoms with Crippen LogP contribution in [0.1, 0.15) is 48.1 Å². The number of carbonyl (C=O) groups is 1. The van der Waals surface area contributed by atoms with Crippen LogP contribution in [0, 0.1) is 5.92 Å². The minimum absolute atomic E-state index is 0.135. The van der Waals surface area contributed by atoms with Crippen molar-refractivity contribution in [1.29, 1.82) is 0 Å². The highest BCUT2D eigenvalue weighted by molar-refractivity contribution is 5.91. The van der Waals surface area contributed by atoms with Gasteiger partial charge in [0.2, 0.25) is 0 Å². The second-order valence-corrected chi connectivity index (χ2v) is 7.11. The van der Waals surface area contributed by atoms with Gasteiger partial charge < -0.3 is 9.73 Å². The zero-order valence-corrected chi connectivity index (χ0v) is 15.2. The summed E-state index contributed by atoms with van der Waals surface area (Å²) in [5, 5.41) is 7.07. The van der Waals surface area contributed by atoms with E-state index in [0.717, 1.165) is 44.2 Å². The highest BCUT2D eigenvalue weighted by Crippen LogP contribution is 2.19. The monoisotopic (exact) mass is 344 g/mol. The molecule has 1 aliphatic heterocycles. The van der Waals surface area contributed by atoms with Crippen molar-refractivity contribution in [3.8, 4) is 0 Å². The Morgan fingerprint density at radius 1 is 1.36 bits per heavy atom. The van der Waals surface area contributed by atoms with Crippen LogP contribution in [0.3, 0.4) is 0 Å². The van der Waals surface area contributed by atoms with Crippen molar-refractivity contribution in [2.45, 2.75) is 39.2 Å². The summed E-state index contributed by atoms with van der Waals surface area (Å²) in [6.07, 6.45) is 8.14. The first kappa shape index (κ1) is 17.7. The van der Waals surface area contributed by atoms with Gasteiger partial charge in [-0.3, -0.25) is 14.4 Å². The second-order valence-electron chi connectivity index (χ2n) is 7.11. The molecule has 6 heteroatoms. The standard InChI is InChI=1S/C19H28N4O2/c1-15-7-10-23(11-8-15)14-17-5-6-18(25-17)19(24)20-9-3-4-16-12-21-22(2)13-16/h5-6,12-13,15H,3-4,7-11,14H2,1-2H3,(H,20,24). The molecule has 1 fully saturated rings. The molecular formula is C19H28N4O2. The molecule has 136 valence electrons. The lowest BCUT2D eigenvalue weighted by molar-refractivity contribution is 0.0920. The van der Waals surface area contributed by atoms with Gasteiger partial charge in [0.15, 0.2) is 5.76 Å². The molecule has 2 aromatic rings. The zero-order chi connectivity index (χ0) is 17.6. The number of amides is 1. The van der Waals surface area contributed by atoms with Gasteiger partial charge in [0.25, 0.3) is 5.91 Å². The minimum atomic E-state index is -0.135. The summed E-state index contributed by atoms with van der Waals surface area (Å²) < 4.78 is 7.52. The van der Waals surface area contributed by atoms with E-state index in [9.17, 15) is 4.79 Å². The molecule has 0 unspecified atom stereocenters. The van der Waals surface area contributed by atoms with Crippen LogP contribution in [0.5, 0.6) is 0 Å². The number of hydrogen-bond donors (Lipinski definition) is 1. The van der Waals surface area contributed by atoms with Gasteiger partial charge in [0.1, 0.15) is 5.76 Å². The molecule has 1 amide bonds. The maximum absolute atomic E-state index is 12.2. The van der Waals surface area contributed by atoms with E-state index >= 15 is 0 Å². The molecule has 0 radical (unpaired) electrons. The summed E-state index contributed by atoms with van der Waals surface area (Å²) in [5.41, 5.74) is 1.19. The Balaban J connectivity index is 1.39. The lowest BCUT2D eigenvalue weighted by atomic mass is 9.99. The normalized spacial score (nSPS) is 16.2. The summed E-state index contributed by atoms with van der Waals surface area (Å²) >= 11 is 0. The summed E-state index contributed by atoms with van der Waals surface area (Å²) in [7, 11) is 1.91. The highest BCUT2D eigenvalue weighted by atomic mass is 16.4. The molecule has 0 bridgehead atoms. The van der Waals surface area contributed by atoms with Crippen molar-refractivity contribution in [3.05, 3.63) is 41.6 Å². The van der Waals surface area contributed by atoms with E-state index in [1.54, 1.807) is 10.7 Å². The molecule has 0 spiro atoms. The van der Waals surface area contributed by atoms with Crippen LogP contribution in [0.2, 0.25) is 0 Å². The van der Waals surface area contributed by atoms with Gasteiger partial charge in [-0.15, -0.1) is 0 Å². The number of piperidine rings is 1. The number of aromatic nitrogens is 2. The molecule has 0 aliphatic carbocycles. The van der Waals surface area contributed by atoms with Gasteiger partial charge in [0.05, 0.1) is 12.7 Å². The smallest absolute Gasteiger partial charge is 0.286 e. The summed E-state index contributed by atoms with van der Waals surface area (Å²) in [6.45, 7) is 5.95. The average Bonchev–Trinajstić information content (AvgIpc) is 3.23. The van der Waals surface area contributed by atoms with Crippen LogP contribution in [0.15, 0.2) is 28.9 Å². The first-order valence-electron chi connectivity index (χ1n) is 9.17. The van der Waals surface area contributed by atoms with Crippen LogP contribution in [0.4, 0.5) is 0 Å². The topological polar surface area (TPSA) is 63.3 Å². The molecular weight excluding hydrogens is 316 g/mol. The average molecular weight is 344 g/mol. The Morgan fingerprint density at radius 2 is 2.16 bits per heavy atom. The van der Waals surface area contributed by atoms with Crippen LogP contribution in [-0.4, -0.2) is 40.2 Å². The van der Waals surface area contributed by atoms with Crippen molar-refractivity contribution in [1.82, 2.24) is 20.0 Å². The fraction of sp³-hybridized carbons (Fsp3) is 0.579. The van der Waals surface area contributed by atoms with Crippen LogP contribution < -0.4 is 5.32 Å². The molecule has 6 nitrogen and oxygen atoms in total. The SMILES string of the molecule is CC1CCN(Cc2ccc(C(=O)NCCCc3cnn(C)c3)o2)CC1. The predicted octanol–water partition coefficient (Wildman–Crippen LogP) is 2.61. The molecule has 1 saturated heterocycles. The number of nitrogens with zero attached hydrogens (tertiary/aromatic N) is 3. The molecule has 0 saturated carbocycles. The highest BCUT2D eigenvalue weighted by Gasteiger charge is 2.18. The molecule has 1 N–H and O–H groups in total. The first-order chi connectivity index (χ1) is 12.1. The number of likely N-dealkylation sites (tertiary alicyclic amines) is 1. The second kappa shape index (κ2) is 8.34. The molecule has 0 aromatic carbocycles. The lowest BCUT2D eigenvalue weighted by Crippen LogP contribution is -2.32. The van der Waals surface area contributed by atoms with Crippen molar-refractivity contribution >= 4 is 5.91 Å². The predicted molar refractivity (Wildman–Crippen MR) is 96.2 cm³/mol. The minimum Gasteiger partial charge on any atom is -0.455 e. The Morgan fingerprint density at radius 3 is 2.88 bits per heavy atom. The van der Waals surface area contributed by atoms with Gasteiger partial charge >= 0.3 is 0 Å². The van der Waals surface area contributed by atoms with E-state index < -0.39 is 0 Å². The summed E-state index contributed by atoms with van der Waals surface area (Å²) in [4.78, 5) is 14.6. The number of hydrogen-bond acceptors (Lipinski definition) is 4. The van der Waals surface area contributed by atoms with E-state index in [1.165, 1.54) is 18.4 Å². The molecule has 25 heavy (non-hydrogen) atoms. The number of rotatable bonds is 7. The van der Waals surface area contributed by atoms with E-state index in [-0.39, 0.29) is 5.91 Å². The maximum atomic E-state index is 12.2. The third kappa shape index (κ3) is 5.19. The third-order valence-electron chi connectivity index (χ3n) is 4.83. The summed E-state index contributed by atoms with van der Waals surface area (Å²) in [5.74, 6) is 1.96. The number of carbonyl (C=O) groups excluding carboxylic acids is 1. The van der Waals surface area contributed by atoms with E-state index in [2.05, 4.69) is 22.2 Å². The molecule has 1 aliphatic rings. The number of aryl methyl sites for hydroxylation is 2. The van der Waals surface area contributed by atoms with Crippen molar-refractivity contribution in [3.63, 3.8) is 0 Å². The van der Waals surface area contributed by atoms with Gasteiger partial charge in [-0.25, -0.2) is 0 Å². The Kier molecular flexibility index (Phi) is 5.91. The van der Waals surface area contributed by atoms with Crippen LogP contribution in [0.25, 0.3) is 0 Å². The Bertz CT molecular complexity index is 683. The zero-order valence-electron chi connectivity index (χ0n) is 15.2. The quantitative estimate of drug-likeness (QED) is 0.784. The van der Waals surface area contributed by atoms with Crippen LogP contribution >= 0.6 is 0 Å². The Labute approximate surface area is 149 Å². The first-order valence-corrected chi connectivity index (χ1v) is 9.17. The van der Waals surface area contributed by atoms with Gasteiger partial charge in [-0.2, -0.15) is 5.10 Å². The van der Waals surface area contributed by atoms with E-state index in [0.29, 0.717) is 12.3 Å².